The van der Waals surface area contributed by atoms with E-state index in [4.69, 9.17) is 4.74 Å². The van der Waals surface area contributed by atoms with Crippen molar-refractivity contribution in [2.45, 2.75) is 46.1 Å². The Morgan fingerprint density at radius 3 is 2.83 bits per heavy atom. The Morgan fingerprint density at radius 1 is 1.39 bits per heavy atom. The number of nitrogens with one attached hydrogen (secondary N) is 1. The summed E-state index contributed by atoms with van der Waals surface area (Å²) < 4.78 is 5.29. The molecule has 1 aliphatic rings. The van der Waals surface area contributed by atoms with Gasteiger partial charge >= 0.3 is 0 Å². The highest BCUT2D eigenvalue weighted by molar-refractivity contribution is 5.52. The molecule has 1 aromatic heterocycles. The minimum atomic E-state index is 0.421. The Kier molecular flexibility index (Phi) is 3.79. The molecule has 2 unspecified atom stereocenters. The summed E-state index contributed by atoms with van der Waals surface area (Å²) in [5, 5.41) is 3.60. The molecule has 100 valence electrons. The third-order valence-corrected chi connectivity index (χ3v) is 3.71. The third kappa shape index (κ3) is 3.15. The van der Waals surface area contributed by atoms with E-state index in [2.05, 4.69) is 31.1 Å². The number of rotatable bonds is 3. The summed E-state index contributed by atoms with van der Waals surface area (Å²) in [7, 11) is 1.67. The maximum atomic E-state index is 5.29. The van der Waals surface area contributed by atoms with Crippen molar-refractivity contribution in [2.24, 2.45) is 11.3 Å². The van der Waals surface area contributed by atoms with Gasteiger partial charge in [-0.3, -0.25) is 0 Å². The quantitative estimate of drug-likeness (QED) is 0.885. The number of nitrogens with zero attached hydrogens (tertiary/aromatic N) is 1. The summed E-state index contributed by atoms with van der Waals surface area (Å²) in [5.41, 5.74) is 1.43. The number of pyridine rings is 1. The molecule has 0 radical (unpaired) electrons. The number of anilines is 1. The third-order valence-electron chi connectivity index (χ3n) is 3.71. The van der Waals surface area contributed by atoms with E-state index in [1.165, 1.54) is 19.3 Å². The van der Waals surface area contributed by atoms with Crippen molar-refractivity contribution >= 4 is 5.69 Å². The summed E-state index contributed by atoms with van der Waals surface area (Å²) in [6, 6.07) is 4.50. The molecule has 3 heteroatoms. The minimum absolute atomic E-state index is 0.421. The van der Waals surface area contributed by atoms with Crippen LogP contribution in [0.2, 0.25) is 0 Å². The highest BCUT2D eigenvalue weighted by Crippen LogP contribution is 2.40. The molecule has 1 aliphatic carbocycles. The predicted molar refractivity (Wildman–Crippen MR) is 75.0 cm³/mol. The average molecular weight is 248 g/mol. The van der Waals surface area contributed by atoms with E-state index in [0.29, 0.717) is 17.3 Å². The van der Waals surface area contributed by atoms with Gasteiger partial charge in [-0.05, 0) is 42.7 Å². The van der Waals surface area contributed by atoms with E-state index in [-0.39, 0.29) is 0 Å². The topological polar surface area (TPSA) is 34.1 Å². The SMILES string of the molecule is COc1ncccc1NC1CC(C)CC(C)(C)C1. The second-order valence-electron chi connectivity index (χ2n) is 6.31. The van der Waals surface area contributed by atoms with Crippen LogP contribution in [0.4, 0.5) is 5.69 Å². The maximum Gasteiger partial charge on any atom is 0.237 e. The van der Waals surface area contributed by atoms with Gasteiger partial charge in [-0.2, -0.15) is 0 Å². The van der Waals surface area contributed by atoms with Crippen molar-refractivity contribution < 1.29 is 4.74 Å². The van der Waals surface area contributed by atoms with Gasteiger partial charge in [0.15, 0.2) is 0 Å². The number of hydrogen-bond acceptors (Lipinski definition) is 3. The van der Waals surface area contributed by atoms with Gasteiger partial charge in [0, 0.05) is 12.2 Å². The normalized spacial score (nSPS) is 26.7. The van der Waals surface area contributed by atoms with Gasteiger partial charge in [0.05, 0.1) is 12.8 Å². The van der Waals surface area contributed by atoms with E-state index in [9.17, 15) is 0 Å². The van der Waals surface area contributed by atoms with E-state index >= 15 is 0 Å². The zero-order valence-electron chi connectivity index (χ0n) is 11.9. The molecule has 1 saturated carbocycles. The summed E-state index contributed by atoms with van der Waals surface area (Å²) in [6.07, 6.45) is 5.50. The maximum absolute atomic E-state index is 5.29. The van der Waals surface area contributed by atoms with Crippen LogP contribution in [0.1, 0.15) is 40.0 Å². The monoisotopic (exact) mass is 248 g/mol. The van der Waals surface area contributed by atoms with Crippen molar-refractivity contribution in [3.8, 4) is 5.88 Å². The van der Waals surface area contributed by atoms with Crippen molar-refractivity contribution in [3.05, 3.63) is 18.3 Å². The molecule has 18 heavy (non-hydrogen) atoms. The van der Waals surface area contributed by atoms with E-state index < -0.39 is 0 Å². The second-order valence-corrected chi connectivity index (χ2v) is 6.31. The van der Waals surface area contributed by atoms with Crippen LogP contribution in [0.3, 0.4) is 0 Å². The molecule has 3 nitrogen and oxygen atoms in total. The van der Waals surface area contributed by atoms with Crippen LogP contribution in [0, 0.1) is 11.3 Å². The highest BCUT2D eigenvalue weighted by Gasteiger charge is 2.32. The number of methoxy groups -OCH3 is 1. The molecule has 0 aromatic carbocycles. The lowest BCUT2D eigenvalue weighted by Gasteiger charge is -2.39. The summed E-state index contributed by atoms with van der Waals surface area (Å²) in [5.74, 6) is 1.46. The first kappa shape index (κ1) is 13.2. The first-order valence-corrected chi connectivity index (χ1v) is 6.76. The first-order chi connectivity index (χ1) is 8.50. The Morgan fingerprint density at radius 2 is 2.17 bits per heavy atom. The Bertz CT molecular complexity index is 403. The average Bonchev–Trinajstić information content (AvgIpc) is 2.27. The summed E-state index contributed by atoms with van der Waals surface area (Å²) in [6.45, 7) is 7.06. The number of aromatic nitrogens is 1. The van der Waals surface area contributed by atoms with Gasteiger partial charge in [0.1, 0.15) is 0 Å². The predicted octanol–water partition coefficient (Wildman–Crippen LogP) is 3.72. The van der Waals surface area contributed by atoms with Crippen LogP contribution >= 0.6 is 0 Å². The lowest BCUT2D eigenvalue weighted by molar-refractivity contribution is 0.177. The molecular weight excluding hydrogens is 224 g/mol. The lowest BCUT2D eigenvalue weighted by Crippen LogP contribution is -2.35. The van der Waals surface area contributed by atoms with Crippen LogP contribution in [0.15, 0.2) is 18.3 Å². The smallest absolute Gasteiger partial charge is 0.237 e. The molecule has 0 spiro atoms. The van der Waals surface area contributed by atoms with Gasteiger partial charge in [-0.25, -0.2) is 4.98 Å². The molecule has 0 aliphatic heterocycles. The second kappa shape index (κ2) is 5.17. The van der Waals surface area contributed by atoms with Gasteiger partial charge in [0.2, 0.25) is 5.88 Å². The van der Waals surface area contributed by atoms with Gasteiger partial charge in [0.25, 0.3) is 0 Å². The fourth-order valence-electron chi connectivity index (χ4n) is 3.34. The summed E-state index contributed by atoms with van der Waals surface area (Å²) >= 11 is 0. The van der Waals surface area contributed by atoms with Crippen molar-refractivity contribution in [3.63, 3.8) is 0 Å². The fraction of sp³-hybridized carbons (Fsp3) is 0.667. The molecule has 0 saturated heterocycles. The zero-order valence-corrected chi connectivity index (χ0v) is 11.9. The first-order valence-electron chi connectivity index (χ1n) is 6.76. The fourth-order valence-corrected chi connectivity index (χ4v) is 3.34. The molecule has 1 fully saturated rings. The highest BCUT2D eigenvalue weighted by atomic mass is 16.5. The van der Waals surface area contributed by atoms with Gasteiger partial charge in [-0.15, -0.1) is 0 Å². The molecule has 1 heterocycles. The molecule has 1 aromatic rings. The van der Waals surface area contributed by atoms with Crippen LogP contribution in [-0.4, -0.2) is 18.1 Å². The van der Waals surface area contributed by atoms with Gasteiger partial charge in [-0.1, -0.05) is 20.8 Å². The van der Waals surface area contributed by atoms with Gasteiger partial charge < -0.3 is 10.1 Å². The van der Waals surface area contributed by atoms with E-state index in [0.717, 1.165) is 11.6 Å². The van der Waals surface area contributed by atoms with Crippen LogP contribution in [0.5, 0.6) is 5.88 Å². The number of hydrogen-bond donors (Lipinski definition) is 1. The molecule has 2 rings (SSSR count). The Hall–Kier alpha value is -1.25. The number of ether oxygens (including phenoxy) is 1. The summed E-state index contributed by atoms with van der Waals surface area (Å²) in [4.78, 5) is 4.23. The Labute approximate surface area is 110 Å². The largest absolute Gasteiger partial charge is 0.480 e. The standard InChI is InChI=1S/C15H24N2O/c1-11-8-12(10-15(2,3)9-11)17-13-6-5-7-16-14(13)18-4/h5-7,11-12,17H,8-10H2,1-4H3. The van der Waals surface area contributed by atoms with Crippen molar-refractivity contribution in [1.29, 1.82) is 0 Å². The molecule has 0 amide bonds. The molecular formula is C15H24N2O. The Balaban J connectivity index is 2.09. The van der Waals surface area contributed by atoms with Crippen LogP contribution < -0.4 is 10.1 Å². The zero-order chi connectivity index (χ0) is 13.2. The molecule has 1 N–H and O–H groups in total. The molecule has 0 bridgehead atoms. The van der Waals surface area contributed by atoms with Crippen molar-refractivity contribution in [2.75, 3.05) is 12.4 Å². The van der Waals surface area contributed by atoms with Crippen molar-refractivity contribution in [1.82, 2.24) is 4.98 Å². The van der Waals surface area contributed by atoms with Crippen LogP contribution in [0.25, 0.3) is 0 Å². The molecule has 2 atom stereocenters. The van der Waals surface area contributed by atoms with Crippen LogP contribution in [-0.2, 0) is 0 Å². The van der Waals surface area contributed by atoms with E-state index in [1.807, 2.05) is 12.1 Å². The van der Waals surface area contributed by atoms with E-state index in [1.54, 1.807) is 13.3 Å². The minimum Gasteiger partial charge on any atom is -0.480 e. The lowest BCUT2D eigenvalue weighted by atomic mass is 9.70.